The fraction of sp³-hybridized carbons (Fsp3) is 0.200. The standard InChI is InChI=1S/C10H12N4O3S/c11-18(15,16)10-4-3-9(17-10)7-12-6-8-2-1-5-13-14-8/h1-5,12H,6-7H2,(H2,11,15,16). The molecule has 0 aliphatic heterocycles. The lowest BCUT2D eigenvalue weighted by atomic mass is 10.4. The minimum Gasteiger partial charge on any atom is -0.447 e. The third kappa shape index (κ3) is 3.36. The second-order valence-electron chi connectivity index (χ2n) is 3.58. The van der Waals surface area contributed by atoms with Gasteiger partial charge in [-0.15, -0.1) is 0 Å². The van der Waals surface area contributed by atoms with Crippen LogP contribution in [0.1, 0.15) is 11.5 Å². The molecule has 7 nitrogen and oxygen atoms in total. The van der Waals surface area contributed by atoms with Gasteiger partial charge in [0.25, 0.3) is 10.0 Å². The van der Waals surface area contributed by atoms with E-state index in [1.807, 2.05) is 6.07 Å². The number of nitrogens with two attached hydrogens (primary N) is 1. The Morgan fingerprint density at radius 1 is 1.28 bits per heavy atom. The third-order valence-electron chi connectivity index (χ3n) is 2.15. The van der Waals surface area contributed by atoms with E-state index in [0.717, 1.165) is 5.69 Å². The average Bonchev–Trinajstić information content (AvgIpc) is 2.79. The van der Waals surface area contributed by atoms with Gasteiger partial charge in [0.15, 0.2) is 0 Å². The number of primary sulfonamides is 1. The number of sulfonamides is 1. The summed E-state index contributed by atoms with van der Waals surface area (Å²) in [5.74, 6) is 0.489. The molecule has 2 aromatic heterocycles. The van der Waals surface area contributed by atoms with E-state index in [2.05, 4.69) is 15.5 Å². The summed E-state index contributed by atoms with van der Waals surface area (Å²) in [7, 11) is -3.78. The molecule has 0 atom stereocenters. The smallest absolute Gasteiger partial charge is 0.271 e. The van der Waals surface area contributed by atoms with Gasteiger partial charge < -0.3 is 9.73 Å². The van der Waals surface area contributed by atoms with Gasteiger partial charge in [-0.05, 0) is 24.3 Å². The molecule has 2 aromatic rings. The van der Waals surface area contributed by atoms with Crippen LogP contribution >= 0.6 is 0 Å². The quantitative estimate of drug-likeness (QED) is 0.790. The number of nitrogens with one attached hydrogen (secondary N) is 1. The minimum atomic E-state index is -3.78. The second-order valence-corrected chi connectivity index (χ2v) is 5.08. The van der Waals surface area contributed by atoms with E-state index in [1.54, 1.807) is 18.3 Å². The van der Waals surface area contributed by atoms with Crippen LogP contribution in [0.3, 0.4) is 0 Å². The molecular formula is C10H12N4O3S. The first-order valence-electron chi connectivity index (χ1n) is 5.14. The van der Waals surface area contributed by atoms with E-state index < -0.39 is 10.0 Å². The molecule has 0 aromatic carbocycles. The highest BCUT2D eigenvalue weighted by atomic mass is 32.2. The Labute approximate surface area is 104 Å². The molecule has 2 heterocycles. The van der Waals surface area contributed by atoms with Gasteiger partial charge in [-0.3, -0.25) is 0 Å². The summed E-state index contributed by atoms with van der Waals surface area (Å²) in [5, 5.41) is 15.4. The number of nitrogens with zero attached hydrogens (tertiary/aromatic N) is 2. The van der Waals surface area contributed by atoms with E-state index in [9.17, 15) is 8.42 Å². The van der Waals surface area contributed by atoms with Crippen molar-refractivity contribution < 1.29 is 12.8 Å². The lowest BCUT2D eigenvalue weighted by molar-refractivity contribution is 0.401. The molecular weight excluding hydrogens is 256 g/mol. The van der Waals surface area contributed by atoms with E-state index in [4.69, 9.17) is 9.56 Å². The maximum Gasteiger partial charge on any atom is 0.271 e. The molecule has 18 heavy (non-hydrogen) atoms. The molecule has 3 N–H and O–H groups in total. The first kappa shape index (κ1) is 12.7. The van der Waals surface area contributed by atoms with Crippen molar-refractivity contribution in [1.82, 2.24) is 15.5 Å². The number of furan rings is 1. The zero-order valence-corrected chi connectivity index (χ0v) is 10.2. The van der Waals surface area contributed by atoms with Crippen molar-refractivity contribution >= 4 is 10.0 Å². The molecule has 0 aliphatic carbocycles. The molecule has 8 heteroatoms. The lowest BCUT2D eigenvalue weighted by Crippen LogP contribution is -2.14. The van der Waals surface area contributed by atoms with Crippen molar-refractivity contribution in [1.29, 1.82) is 0 Å². The van der Waals surface area contributed by atoms with Gasteiger partial charge in [0.1, 0.15) is 5.76 Å². The highest BCUT2D eigenvalue weighted by molar-refractivity contribution is 7.89. The molecule has 0 amide bonds. The van der Waals surface area contributed by atoms with Gasteiger partial charge in [-0.2, -0.15) is 10.2 Å². The highest BCUT2D eigenvalue weighted by Crippen LogP contribution is 2.11. The number of hydrogen-bond acceptors (Lipinski definition) is 6. The summed E-state index contributed by atoms with van der Waals surface area (Å²) in [6.07, 6.45) is 1.59. The molecule has 0 saturated heterocycles. The normalized spacial score (nSPS) is 11.6. The topological polar surface area (TPSA) is 111 Å². The van der Waals surface area contributed by atoms with Gasteiger partial charge in [-0.25, -0.2) is 13.6 Å². The van der Waals surface area contributed by atoms with Crippen LogP contribution in [0.15, 0.2) is 40.0 Å². The summed E-state index contributed by atoms with van der Waals surface area (Å²) < 4.78 is 27.0. The molecule has 2 rings (SSSR count). The molecule has 0 bridgehead atoms. The van der Waals surface area contributed by atoms with Gasteiger partial charge in [0.2, 0.25) is 5.09 Å². The number of hydrogen-bond donors (Lipinski definition) is 2. The van der Waals surface area contributed by atoms with Crippen LogP contribution in [0.2, 0.25) is 0 Å². The summed E-state index contributed by atoms with van der Waals surface area (Å²) in [5.41, 5.74) is 0.788. The van der Waals surface area contributed by atoms with Crippen LogP contribution in [0.5, 0.6) is 0 Å². The van der Waals surface area contributed by atoms with Crippen molar-refractivity contribution in [3.63, 3.8) is 0 Å². The summed E-state index contributed by atoms with van der Waals surface area (Å²) >= 11 is 0. The van der Waals surface area contributed by atoms with E-state index in [-0.39, 0.29) is 5.09 Å². The zero-order chi connectivity index (χ0) is 13.0. The molecule has 0 unspecified atom stereocenters. The molecule has 0 fully saturated rings. The van der Waals surface area contributed by atoms with E-state index in [1.165, 1.54) is 6.07 Å². The molecule has 0 spiro atoms. The van der Waals surface area contributed by atoms with Crippen LogP contribution in [0.25, 0.3) is 0 Å². The van der Waals surface area contributed by atoms with Crippen molar-refractivity contribution in [2.75, 3.05) is 0 Å². The monoisotopic (exact) mass is 268 g/mol. The van der Waals surface area contributed by atoms with Crippen LogP contribution in [-0.2, 0) is 23.1 Å². The fourth-order valence-corrected chi connectivity index (χ4v) is 1.83. The van der Waals surface area contributed by atoms with Crippen LogP contribution in [0, 0.1) is 0 Å². The summed E-state index contributed by atoms with van der Waals surface area (Å²) in [6.45, 7) is 0.894. The Morgan fingerprint density at radius 3 is 2.72 bits per heavy atom. The summed E-state index contributed by atoms with van der Waals surface area (Å²) in [6, 6.07) is 6.51. The van der Waals surface area contributed by atoms with E-state index in [0.29, 0.717) is 18.8 Å². The van der Waals surface area contributed by atoms with Crippen LogP contribution in [-0.4, -0.2) is 18.6 Å². The number of aromatic nitrogens is 2. The molecule has 0 aliphatic rings. The lowest BCUT2D eigenvalue weighted by Gasteiger charge is -2.00. The minimum absolute atomic E-state index is 0.237. The number of rotatable bonds is 5. The predicted octanol–water partition coefficient (Wildman–Crippen LogP) is 0.00680. The molecule has 0 radical (unpaired) electrons. The maximum atomic E-state index is 11.0. The Balaban J connectivity index is 1.90. The second kappa shape index (κ2) is 5.25. The zero-order valence-electron chi connectivity index (χ0n) is 9.41. The van der Waals surface area contributed by atoms with Gasteiger partial charge >= 0.3 is 0 Å². The highest BCUT2D eigenvalue weighted by Gasteiger charge is 2.12. The Bertz CT molecular complexity index is 609. The first-order chi connectivity index (χ1) is 8.55. The van der Waals surface area contributed by atoms with Crippen molar-refractivity contribution in [2.24, 2.45) is 5.14 Å². The van der Waals surface area contributed by atoms with Crippen LogP contribution in [0.4, 0.5) is 0 Å². The SMILES string of the molecule is NS(=O)(=O)c1ccc(CNCc2cccnn2)o1. The summed E-state index contributed by atoms with van der Waals surface area (Å²) in [4.78, 5) is 0. The fourth-order valence-electron chi connectivity index (χ4n) is 1.35. The largest absolute Gasteiger partial charge is 0.447 e. The van der Waals surface area contributed by atoms with Crippen LogP contribution < -0.4 is 10.5 Å². The Kier molecular flexibility index (Phi) is 3.70. The maximum absolute atomic E-state index is 11.0. The Morgan fingerprint density at radius 2 is 2.11 bits per heavy atom. The van der Waals surface area contributed by atoms with Crippen molar-refractivity contribution in [3.8, 4) is 0 Å². The molecule has 96 valence electrons. The third-order valence-corrected chi connectivity index (χ3v) is 2.93. The Hall–Kier alpha value is -1.77. The van der Waals surface area contributed by atoms with Gasteiger partial charge in [0, 0.05) is 12.7 Å². The average molecular weight is 268 g/mol. The van der Waals surface area contributed by atoms with Gasteiger partial charge in [0.05, 0.1) is 12.2 Å². The van der Waals surface area contributed by atoms with Crippen molar-refractivity contribution in [2.45, 2.75) is 18.2 Å². The van der Waals surface area contributed by atoms with Crippen molar-refractivity contribution in [3.05, 3.63) is 41.9 Å². The predicted molar refractivity (Wildman–Crippen MR) is 62.7 cm³/mol. The molecule has 0 saturated carbocycles. The van der Waals surface area contributed by atoms with Gasteiger partial charge in [-0.1, -0.05) is 0 Å². The van der Waals surface area contributed by atoms with E-state index >= 15 is 0 Å². The first-order valence-corrected chi connectivity index (χ1v) is 6.69.